The number of aromatic nitrogens is 3. The van der Waals surface area contributed by atoms with Crippen LogP contribution >= 0.6 is 11.6 Å². The van der Waals surface area contributed by atoms with E-state index in [0.29, 0.717) is 17.5 Å². The Morgan fingerprint density at radius 3 is 2.55 bits per heavy atom. The molecule has 0 bridgehead atoms. The number of amides is 1. The van der Waals surface area contributed by atoms with E-state index >= 15 is 0 Å². The monoisotopic (exact) mass is 453 g/mol. The summed E-state index contributed by atoms with van der Waals surface area (Å²) in [5.74, 6) is -0.327. The van der Waals surface area contributed by atoms with Gasteiger partial charge < -0.3 is 4.90 Å². The molecule has 0 saturated carbocycles. The number of benzene rings is 1. The van der Waals surface area contributed by atoms with Crippen molar-refractivity contribution in [3.63, 3.8) is 0 Å². The standard InChI is InChI=1S/C19H15ClF3N5O3/c1-11-15(9-25-27(11)17-6-3-13(8-24-17)19(21,22)23)18(29)26(2)10-12-7-14(28(30)31)4-5-16(12)20/h3-9H,10H2,1-2H3. The fraction of sp³-hybridized carbons (Fsp3) is 0.211. The second-order valence-electron chi connectivity index (χ2n) is 6.65. The summed E-state index contributed by atoms with van der Waals surface area (Å²) in [6, 6.07) is 5.96. The molecule has 1 amide bonds. The van der Waals surface area contributed by atoms with Gasteiger partial charge in [0.25, 0.3) is 11.6 Å². The molecule has 0 atom stereocenters. The quantitative estimate of drug-likeness (QED) is 0.421. The number of carbonyl (C=O) groups excluding carboxylic acids is 1. The fourth-order valence-electron chi connectivity index (χ4n) is 2.86. The first-order chi connectivity index (χ1) is 14.5. The maximum absolute atomic E-state index is 12.9. The molecular formula is C19H15ClF3N5O3. The van der Waals surface area contributed by atoms with Gasteiger partial charge in [0.2, 0.25) is 0 Å². The molecule has 2 aromatic heterocycles. The summed E-state index contributed by atoms with van der Waals surface area (Å²) < 4.78 is 39.4. The molecule has 8 nitrogen and oxygen atoms in total. The molecule has 0 aliphatic rings. The Balaban J connectivity index is 1.83. The van der Waals surface area contributed by atoms with Gasteiger partial charge in [-0.1, -0.05) is 11.6 Å². The fourth-order valence-corrected chi connectivity index (χ4v) is 3.04. The summed E-state index contributed by atoms with van der Waals surface area (Å²) in [7, 11) is 1.49. The Morgan fingerprint density at radius 2 is 1.97 bits per heavy atom. The highest BCUT2D eigenvalue weighted by Crippen LogP contribution is 2.29. The minimum absolute atomic E-state index is 0.00248. The molecule has 12 heteroatoms. The lowest BCUT2D eigenvalue weighted by Gasteiger charge is -2.18. The predicted octanol–water partition coefficient (Wildman–Crippen LogP) is 4.43. The van der Waals surface area contributed by atoms with Gasteiger partial charge in [-0.3, -0.25) is 14.9 Å². The first-order valence-electron chi connectivity index (χ1n) is 8.75. The van der Waals surface area contributed by atoms with Crippen molar-refractivity contribution in [1.82, 2.24) is 19.7 Å². The summed E-state index contributed by atoms with van der Waals surface area (Å²) in [6.07, 6.45) is -2.54. The number of alkyl halides is 3. The lowest BCUT2D eigenvalue weighted by molar-refractivity contribution is -0.384. The summed E-state index contributed by atoms with van der Waals surface area (Å²) in [5.41, 5.74) is -0.0929. The van der Waals surface area contributed by atoms with Crippen LogP contribution in [0.5, 0.6) is 0 Å². The van der Waals surface area contributed by atoms with Crippen LogP contribution in [-0.2, 0) is 12.7 Å². The average Bonchev–Trinajstić information content (AvgIpc) is 3.09. The molecular weight excluding hydrogens is 439 g/mol. The van der Waals surface area contributed by atoms with Crippen LogP contribution < -0.4 is 0 Å². The maximum Gasteiger partial charge on any atom is 0.417 e. The molecule has 3 rings (SSSR count). The Hall–Kier alpha value is -3.47. The van der Waals surface area contributed by atoms with Crippen molar-refractivity contribution in [1.29, 1.82) is 0 Å². The number of halogens is 4. The van der Waals surface area contributed by atoms with Crippen molar-refractivity contribution in [3.05, 3.63) is 80.2 Å². The topological polar surface area (TPSA) is 94.2 Å². The molecule has 0 saturated heterocycles. The van der Waals surface area contributed by atoms with Gasteiger partial charge in [-0.15, -0.1) is 0 Å². The van der Waals surface area contributed by atoms with Gasteiger partial charge in [-0.05, 0) is 30.7 Å². The average molecular weight is 454 g/mol. The number of non-ortho nitro benzene ring substituents is 1. The first kappa shape index (κ1) is 22.2. The zero-order chi connectivity index (χ0) is 22.9. The molecule has 0 fully saturated rings. The normalized spacial score (nSPS) is 11.4. The van der Waals surface area contributed by atoms with Gasteiger partial charge in [0, 0.05) is 36.9 Å². The summed E-state index contributed by atoms with van der Waals surface area (Å²) in [4.78, 5) is 28.3. The van der Waals surface area contributed by atoms with Crippen molar-refractivity contribution < 1.29 is 22.9 Å². The van der Waals surface area contributed by atoms with E-state index in [1.54, 1.807) is 6.92 Å². The van der Waals surface area contributed by atoms with Gasteiger partial charge in [0.05, 0.1) is 27.9 Å². The Morgan fingerprint density at radius 1 is 1.26 bits per heavy atom. The molecule has 31 heavy (non-hydrogen) atoms. The van der Waals surface area contributed by atoms with Crippen molar-refractivity contribution in [2.75, 3.05) is 7.05 Å². The van der Waals surface area contributed by atoms with Gasteiger partial charge >= 0.3 is 6.18 Å². The second-order valence-corrected chi connectivity index (χ2v) is 7.06. The van der Waals surface area contributed by atoms with Crippen molar-refractivity contribution >= 4 is 23.2 Å². The molecule has 0 N–H and O–H groups in total. The van der Waals surface area contributed by atoms with Gasteiger partial charge in [0.1, 0.15) is 0 Å². The molecule has 0 radical (unpaired) electrons. The van der Waals surface area contributed by atoms with Crippen molar-refractivity contribution in [3.8, 4) is 5.82 Å². The second kappa shape index (κ2) is 8.34. The predicted molar refractivity (Wildman–Crippen MR) is 105 cm³/mol. The number of nitro groups is 1. The number of hydrogen-bond acceptors (Lipinski definition) is 5. The SMILES string of the molecule is Cc1c(C(=O)N(C)Cc2cc([N+](=O)[O-])ccc2Cl)cnn1-c1ccc(C(F)(F)F)cn1. The van der Waals surface area contributed by atoms with Gasteiger partial charge in [-0.2, -0.15) is 18.3 Å². The Bertz CT molecular complexity index is 1150. The molecule has 2 heterocycles. The van der Waals surface area contributed by atoms with Crippen LogP contribution in [0.25, 0.3) is 5.82 Å². The molecule has 1 aromatic carbocycles. The molecule has 0 aliphatic carbocycles. The van der Waals surface area contributed by atoms with Gasteiger partial charge in [0.15, 0.2) is 5.82 Å². The molecule has 0 aliphatic heterocycles. The van der Waals surface area contributed by atoms with E-state index in [1.165, 1.54) is 41.0 Å². The van der Waals surface area contributed by atoms with E-state index in [4.69, 9.17) is 11.6 Å². The van der Waals surface area contributed by atoms with Crippen LogP contribution in [0.2, 0.25) is 5.02 Å². The van der Waals surface area contributed by atoms with E-state index in [1.807, 2.05) is 0 Å². The molecule has 162 valence electrons. The third-order valence-electron chi connectivity index (χ3n) is 4.53. The Labute approximate surface area is 179 Å². The summed E-state index contributed by atoms with van der Waals surface area (Å²) in [5, 5.41) is 15.3. The Kier molecular flexibility index (Phi) is 5.98. The van der Waals surface area contributed by atoms with Crippen molar-refractivity contribution in [2.45, 2.75) is 19.6 Å². The van der Waals surface area contributed by atoms with Gasteiger partial charge in [-0.25, -0.2) is 9.67 Å². The minimum Gasteiger partial charge on any atom is -0.337 e. The first-order valence-corrected chi connectivity index (χ1v) is 9.13. The number of pyridine rings is 1. The van der Waals surface area contributed by atoms with E-state index in [-0.39, 0.29) is 28.6 Å². The number of carbonyl (C=O) groups is 1. The smallest absolute Gasteiger partial charge is 0.337 e. The van der Waals surface area contributed by atoms with Crippen molar-refractivity contribution in [2.24, 2.45) is 0 Å². The number of nitrogens with zero attached hydrogens (tertiary/aromatic N) is 5. The zero-order valence-electron chi connectivity index (χ0n) is 16.2. The summed E-state index contributed by atoms with van der Waals surface area (Å²) >= 11 is 6.09. The van der Waals surface area contributed by atoms with Crippen LogP contribution in [0.4, 0.5) is 18.9 Å². The third-order valence-corrected chi connectivity index (χ3v) is 4.90. The number of hydrogen-bond donors (Lipinski definition) is 0. The number of rotatable bonds is 5. The highest BCUT2D eigenvalue weighted by molar-refractivity contribution is 6.31. The largest absolute Gasteiger partial charge is 0.417 e. The third kappa shape index (κ3) is 4.66. The molecule has 0 spiro atoms. The lowest BCUT2D eigenvalue weighted by Crippen LogP contribution is -2.26. The van der Waals surface area contributed by atoms with Crippen LogP contribution in [0.15, 0.2) is 42.7 Å². The van der Waals surface area contributed by atoms with E-state index < -0.39 is 22.6 Å². The maximum atomic E-state index is 12.9. The minimum atomic E-state index is -4.51. The zero-order valence-corrected chi connectivity index (χ0v) is 17.0. The molecule has 0 unspecified atom stereocenters. The van der Waals surface area contributed by atoms with Crippen LogP contribution in [0, 0.1) is 17.0 Å². The lowest BCUT2D eigenvalue weighted by atomic mass is 10.1. The number of nitro benzene ring substituents is 1. The van der Waals surface area contributed by atoms with E-state index in [2.05, 4.69) is 10.1 Å². The van der Waals surface area contributed by atoms with E-state index in [0.717, 1.165) is 12.1 Å². The highest BCUT2D eigenvalue weighted by atomic mass is 35.5. The highest BCUT2D eigenvalue weighted by Gasteiger charge is 2.31. The van der Waals surface area contributed by atoms with Crippen LogP contribution in [0.3, 0.4) is 0 Å². The van der Waals surface area contributed by atoms with Crippen LogP contribution in [-0.4, -0.2) is 37.5 Å². The summed E-state index contributed by atoms with van der Waals surface area (Å²) in [6.45, 7) is 1.58. The van der Waals surface area contributed by atoms with Crippen LogP contribution in [0.1, 0.15) is 27.2 Å². The van der Waals surface area contributed by atoms with E-state index in [9.17, 15) is 28.1 Å². The molecule has 3 aromatic rings.